The Balaban J connectivity index is 1.86. The number of fused-ring (bicyclic) bond motifs is 1. The Morgan fingerprint density at radius 2 is 2.00 bits per heavy atom. The number of furan rings is 1. The summed E-state index contributed by atoms with van der Waals surface area (Å²) in [5.74, 6) is 1.10. The normalized spacial score (nSPS) is 17.3. The average molecular weight is 215 g/mol. The van der Waals surface area contributed by atoms with Crippen molar-refractivity contribution in [2.75, 3.05) is 13.1 Å². The summed E-state index contributed by atoms with van der Waals surface area (Å²) in [5, 5.41) is 1.22. The van der Waals surface area contributed by atoms with Crippen molar-refractivity contribution < 1.29 is 4.42 Å². The van der Waals surface area contributed by atoms with Gasteiger partial charge in [-0.15, -0.1) is 0 Å². The second kappa shape index (κ2) is 3.95. The van der Waals surface area contributed by atoms with Crippen LogP contribution in [0, 0.1) is 6.92 Å². The summed E-state index contributed by atoms with van der Waals surface area (Å²) < 4.78 is 5.87. The van der Waals surface area contributed by atoms with Crippen LogP contribution in [0.5, 0.6) is 0 Å². The standard InChI is InChI=1S/C14H17NO/c1-11-4-5-12-9-13(16-14(12)8-11)10-15-6-2-3-7-15/h4-5,8-9H,2-3,6-7,10H2,1H3. The molecule has 2 heterocycles. The molecule has 1 aromatic heterocycles. The lowest BCUT2D eigenvalue weighted by molar-refractivity contribution is 0.302. The third-order valence-electron chi connectivity index (χ3n) is 3.30. The SMILES string of the molecule is Cc1ccc2cc(CN3CCCC3)oc2c1. The Morgan fingerprint density at radius 3 is 2.81 bits per heavy atom. The number of hydrogen-bond acceptors (Lipinski definition) is 2. The molecule has 0 aliphatic carbocycles. The third kappa shape index (κ3) is 1.85. The molecule has 0 atom stereocenters. The average Bonchev–Trinajstić information content (AvgIpc) is 2.86. The molecule has 1 fully saturated rings. The van der Waals surface area contributed by atoms with E-state index >= 15 is 0 Å². The molecular weight excluding hydrogens is 198 g/mol. The molecule has 1 aromatic carbocycles. The van der Waals surface area contributed by atoms with E-state index in [0.29, 0.717) is 0 Å². The van der Waals surface area contributed by atoms with Crippen LogP contribution in [0.4, 0.5) is 0 Å². The van der Waals surface area contributed by atoms with Gasteiger partial charge in [0.2, 0.25) is 0 Å². The third-order valence-corrected chi connectivity index (χ3v) is 3.30. The zero-order chi connectivity index (χ0) is 11.0. The molecule has 0 amide bonds. The maximum absolute atomic E-state index is 5.87. The summed E-state index contributed by atoms with van der Waals surface area (Å²) in [4.78, 5) is 2.46. The maximum atomic E-state index is 5.87. The minimum absolute atomic E-state index is 0.966. The molecule has 2 nitrogen and oxygen atoms in total. The number of likely N-dealkylation sites (tertiary alicyclic amines) is 1. The van der Waals surface area contributed by atoms with Crippen molar-refractivity contribution in [1.82, 2.24) is 4.90 Å². The van der Waals surface area contributed by atoms with Gasteiger partial charge in [-0.25, -0.2) is 0 Å². The lowest BCUT2D eigenvalue weighted by Gasteiger charge is -2.11. The van der Waals surface area contributed by atoms with Gasteiger partial charge in [-0.1, -0.05) is 12.1 Å². The molecule has 0 radical (unpaired) electrons. The molecule has 16 heavy (non-hydrogen) atoms. The van der Waals surface area contributed by atoms with E-state index in [1.54, 1.807) is 0 Å². The van der Waals surface area contributed by atoms with Crippen LogP contribution in [0.15, 0.2) is 28.7 Å². The van der Waals surface area contributed by atoms with Crippen molar-refractivity contribution in [2.24, 2.45) is 0 Å². The number of benzene rings is 1. The van der Waals surface area contributed by atoms with Crippen LogP contribution in [-0.2, 0) is 6.54 Å². The van der Waals surface area contributed by atoms with Crippen molar-refractivity contribution in [2.45, 2.75) is 26.3 Å². The van der Waals surface area contributed by atoms with Gasteiger partial charge in [0, 0.05) is 5.39 Å². The van der Waals surface area contributed by atoms with Crippen molar-refractivity contribution in [1.29, 1.82) is 0 Å². The lowest BCUT2D eigenvalue weighted by atomic mass is 10.2. The highest BCUT2D eigenvalue weighted by molar-refractivity contribution is 5.78. The van der Waals surface area contributed by atoms with Crippen molar-refractivity contribution in [3.8, 4) is 0 Å². The number of rotatable bonds is 2. The summed E-state index contributed by atoms with van der Waals surface area (Å²) in [5.41, 5.74) is 2.28. The highest BCUT2D eigenvalue weighted by atomic mass is 16.3. The zero-order valence-electron chi connectivity index (χ0n) is 9.70. The molecular formula is C14H17NO. The number of hydrogen-bond donors (Lipinski definition) is 0. The fourth-order valence-electron chi connectivity index (χ4n) is 2.43. The van der Waals surface area contributed by atoms with Gasteiger partial charge >= 0.3 is 0 Å². The predicted octanol–water partition coefficient (Wildman–Crippen LogP) is 3.34. The van der Waals surface area contributed by atoms with Crippen LogP contribution in [0.2, 0.25) is 0 Å². The van der Waals surface area contributed by atoms with Crippen LogP contribution in [0.25, 0.3) is 11.0 Å². The molecule has 2 aromatic rings. The van der Waals surface area contributed by atoms with Crippen LogP contribution in [0.3, 0.4) is 0 Å². The summed E-state index contributed by atoms with van der Waals surface area (Å²) in [6.07, 6.45) is 2.67. The molecule has 1 saturated heterocycles. The Morgan fingerprint density at radius 1 is 1.19 bits per heavy atom. The largest absolute Gasteiger partial charge is 0.460 e. The van der Waals surface area contributed by atoms with E-state index < -0.39 is 0 Å². The molecule has 3 rings (SSSR count). The van der Waals surface area contributed by atoms with Gasteiger partial charge in [0.25, 0.3) is 0 Å². The Kier molecular flexibility index (Phi) is 2.44. The summed E-state index contributed by atoms with van der Waals surface area (Å²) >= 11 is 0. The second-order valence-corrected chi connectivity index (χ2v) is 4.74. The van der Waals surface area contributed by atoms with Crippen LogP contribution in [0.1, 0.15) is 24.2 Å². The van der Waals surface area contributed by atoms with E-state index in [4.69, 9.17) is 4.42 Å². The highest BCUT2D eigenvalue weighted by Gasteiger charge is 2.14. The predicted molar refractivity (Wildman–Crippen MR) is 65.5 cm³/mol. The monoisotopic (exact) mass is 215 g/mol. The molecule has 0 unspecified atom stereocenters. The number of nitrogens with zero attached hydrogens (tertiary/aromatic N) is 1. The van der Waals surface area contributed by atoms with E-state index in [1.807, 2.05) is 0 Å². The van der Waals surface area contributed by atoms with Gasteiger partial charge < -0.3 is 4.42 Å². The van der Waals surface area contributed by atoms with E-state index in [0.717, 1.165) is 17.9 Å². The zero-order valence-corrected chi connectivity index (χ0v) is 9.70. The van der Waals surface area contributed by atoms with Crippen molar-refractivity contribution in [3.05, 3.63) is 35.6 Å². The molecule has 84 valence electrons. The van der Waals surface area contributed by atoms with E-state index in [2.05, 4.69) is 36.1 Å². The molecule has 1 aliphatic rings. The molecule has 2 heteroatoms. The van der Waals surface area contributed by atoms with Gasteiger partial charge in [0.05, 0.1) is 6.54 Å². The maximum Gasteiger partial charge on any atom is 0.134 e. The highest BCUT2D eigenvalue weighted by Crippen LogP contribution is 2.22. The first-order valence-electron chi connectivity index (χ1n) is 6.03. The smallest absolute Gasteiger partial charge is 0.134 e. The minimum Gasteiger partial charge on any atom is -0.460 e. The van der Waals surface area contributed by atoms with Gasteiger partial charge in [0.15, 0.2) is 0 Å². The van der Waals surface area contributed by atoms with Crippen LogP contribution >= 0.6 is 0 Å². The second-order valence-electron chi connectivity index (χ2n) is 4.74. The first-order valence-corrected chi connectivity index (χ1v) is 6.03. The fourth-order valence-corrected chi connectivity index (χ4v) is 2.43. The van der Waals surface area contributed by atoms with E-state index in [1.165, 1.54) is 36.9 Å². The minimum atomic E-state index is 0.966. The summed E-state index contributed by atoms with van der Waals surface area (Å²) in [6.45, 7) is 5.50. The topological polar surface area (TPSA) is 16.4 Å². The first kappa shape index (κ1) is 9.91. The summed E-state index contributed by atoms with van der Waals surface area (Å²) in [6, 6.07) is 8.56. The number of aryl methyl sites for hydroxylation is 1. The molecule has 1 aliphatic heterocycles. The van der Waals surface area contributed by atoms with Gasteiger partial charge in [0.1, 0.15) is 11.3 Å². The Labute approximate surface area is 95.9 Å². The van der Waals surface area contributed by atoms with E-state index in [-0.39, 0.29) is 0 Å². The van der Waals surface area contributed by atoms with Crippen molar-refractivity contribution >= 4 is 11.0 Å². The molecule has 0 saturated carbocycles. The van der Waals surface area contributed by atoms with Gasteiger partial charge in [-0.2, -0.15) is 0 Å². The summed E-state index contributed by atoms with van der Waals surface area (Å²) in [7, 11) is 0. The lowest BCUT2D eigenvalue weighted by Crippen LogP contribution is -2.17. The van der Waals surface area contributed by atoms with Gasteiger partial charge in [-0.05, 0) is 50.6 Å². The quantitative estimate of drug-likeness (QED) is 0.764. The van der Waals surface area contributed by atoms with Crippen LogP contribution < -0.4 is 0 Å². The van der Waals surface area contributed by atoms with Gasteiger partial charge in [-0.3, -0.25) is 4.90 Å². The molecule has 0 spiro atoms. The van der Waals surface area contributed by atoms with Crippen molar-refractivity contribution in [3.63, 3.8) is 0 Å². The van der Waals surface area contributed by atoms with E-state index in [9.17, 15) is 0 Å². The Hall–Kier alpha value is -1.28. The first-order chi connectivity index (χ1) is 7.81. The molecule has 0 bridgehead atoms. The fraction of sp³-hybridized carbons (Fsp3) is 0.429. The molecule has 0 N–H and O–H groups in total. The Bertz CT molecular complexity index is 494. The van der Waals surface area contributed by atoms with Crippen LogP contribution in [-0.4, -0.2) is 18.0 Å².